The molecular weight excluding hydrogens is 296 g/mol. The van der Waals surface area contributed by atoms with Gasteiger partial charge in [0.05, 0.1) is 6.08 Å². The summed E-state index contributed by atoms with van der Waals surface area (Å²) in [6.45, 7) is 1.95. The number of rotatable bonds is 4. The molecule has 0 saturated carbocycles. The number of carboxylic acids is 1. The van der Waals surface area contributed by atoms with E-state index in [2.05, 4.69) is 68.8 Å². The maximum atomic E-state index is 10.1. The molecule has 0 aliphatic rings. The zero-order valence-electron chi connectivity index (χ0n) is 13.0. The van der Waals surface area contributed by atoms with Gasteiger partial charge in [-0.1, -0.05) is 47.9 Å². The maximum absolute atomic E-state index is 10.1. The first-order chi connectivity index (χ1) is 11.8. The van der Waals surface area contributed by atoms with Crippen molar-refractivity contribution in [3.05, 3.63) is 117 Å². The minimum Gasteiger partial charge on any atom is -0.478 e. The largest absolute Gasteiger partial charge is 0.478 e. The minimum absolute atomic E-state index is 0.798. The van der Waals surface area contributed by atoms with Crippen LogP contribution in [0.5, 0.6) is 0 Å². The molecule has 0 aliphatic heterocycles. The van der Waals surface area contributed by atoms with Gasteiger partial charge in [0.15, 0.2) is 0 Å². The van der Waals surface area contributed by atoms with E-state index < -0.39 is 5.97 Å². The molecule has 0 aromatic carbocycles. The van der Waals surface area contributed by atoms with Gasteiger partial charge in [0, 0.05) is 0 Å². The lowest BCUT2D eigenvalue weighted by atomic mass is 10.4. The molecule has 2 nitrogen and oxygen atoms in total. The van der Waals surface area contributed by atoms with E-state index in [1.165, 1.54) is 0 Å². The van der Waals surface area contributed by atoms with Crippen LogP contribution in [0.25, 0.3) is 0 Å². The topological polar surface area (TPSA) is 37.3 Å². The summed E-state index contributed by atoms with van der Waals surface area (Å²) >= 11 is 0. The summed E-state index contributed by atoms with van der Waals surface area (Å²) in [6.07, 6.45) is 13.8. The van der Waals surface area contributed by atoms with Crippen LogP contribution in [-0.2, 0) is 4.79 Å². The van der Waals surface area contributed by atoms with Crippen LogP contribution in [-0.4, -0.2) is 11.1 Å². The number of hydrogen-bond acceptors (Lipinski definition) is 1. The molecule has 0 unspecified atom stereocenters. The van der Waals surface area contributed by atoms with Crippen molar-refractivity contribution in [2.24, 2.45) is 0 Å². The normalized spacial score (nSPS) is 7.71. The molecule has 0 bridgehead atoms. The fourth-order valence-corrected chi connectivity index (χ4v) is 0.869. The molecular formula is C22H12O2. The summed E-state index contributed by atoms with van der Waals surface area (Å²) in [5.74, 6) is -1.11. The highest BCUT2D eigenvalue weighted by atomic mass is 16.4. The van der Waals surface area contributed by atoms with E-state index in [-0.39, 0.29) is 0 Å². The SMILES string of the molecule is CC=CC=CC=CC=C=C=C=C=C=C=C=C=C=C=C=C=CC(=O)O. The van der Waals surface area contributed by atoms with Crippen LogP contribution in [0.1, 0.15) is 6.92 Å². The van der Waals surface area contributed by atoms with E-state index >= 15 is 0 Å². The molecule has 0 aliphatic carbocycles. The van der Waals surface area contributed by atoms with Crippen molar-refractivity contribution >= 4 is 5.97 Å². The molecule has 1 N–H and O–H groups in total. The second-order valence-electron chi connectivity index (χ2n) is 3.48. The zero-order valence-corrected chi connectivity index (χ0v) is 13.0. The van der Waals surface area contributed by atoms with E-state index in [0.29, 0.717) is 0 Å². The lowest BCUT2D eigenvalue weighted by Gasteiger charge is -1.69. The summed E-state index contributed by atoms with van der Waals surface area (Å²) in [5, 5.41) is 8.27. The van der Waals surface area contributed by atoms with E-state index in [1.54, 1.807) is 6.08 Å². The Bertz CT molecular complexity index is 999. The van der Waals surface area contributed by atoms with Gasteiger partial charge in [-0.25, -0.2) is 4.79 Å². The lowest BCUT2D eigenvalue weighted by Crippen LogP contribution is -1.82. The van der Waals surface area contributed by atoms with Gasteiger partial charge in [0.1, 0.15) is 0 Å². The van der Waals surface area contributed by atoms with Crippen molar-refractivity contribution in [3.63, 3.8) is 0 Å². The Labute approximate surface area is 140 Å². The van der Waals surface area contributed by atoms with Crippen LogP contribution in [0.2, 0.25) is 0 Å². The Hall–Kier alpha value is -4.21. The maximum Gasteiger partial charge on any atom is 0.336 e. The van der Waals surface area contributed by atoms with Crippen LogP contribution < -0.4 is 0 Å². The molecule has 0 atom stereocenters. The molecule has 0 radical (unpaired) electrons. The van der Waals surface area contributed by atoms with Gasteiger partial charge in [-0.3, -0.25) is 0 Å². The Kier molecular flexibility index (Phi) is 13.9. The number of hydrogen-bond donors (Lipinski definition) is 1. The van der Waals surface area contributed by atoms with Crippen molar-refractivity contribution in [1.29, 1.82) is 0 Å². The molecule has 24 heavy (non-hydrogen) atoms. The molecule has 112 valence electrons. The molecule has 0 amide bonds. The fourth-order valence-electron chi connectivity index (χ4n) is 0.869. The van der Waals surface area contributed by atoms with Crippen LogP contribution in [0.3, 0.4) is 0 Å². The number of allylic oxidation sites excluding steroid dienone is 7. The first kappa shape index (κ1) is 19.8. The summed E-state index contributed by atoms with van der Waals surface area (Å²) in [5.41, 5.74) is 29.6. The molecule has 0 heterocycles. The molecule has 0 saturated heterocycles. The lowest BCUT2D eigenvalue weighted by molar-refractivity contribution is -0.131. The molecule has 0 fully saturated rings. The number of carboxylic acid groups (broad SMARTS) is 1. The molecule has 0 rings (SSSR count). The highest BCUT2D eigenvalue weighted by molar-refractivity contribution is 5.79. The van der Waals surface area contributed by atoms with Gasteiger partial charge in [-0.15, -0.1) is 0 Å². The van der Waals surface area contributed by atoms with Gasteiger partial charge in [-0.05, 0) is 70.3 Å². The predicted molar refractivity (Wildman–Crippen MR) is 92.0 cm³/mol. The van der Waals surface area contributed by atoms with Crippen molar-refractivity contribution in [2.75, 3.05) is 0 Å². The van der Waals surface area contributed by atoms with Crippen molar-refractivity contribution < 1.29 is 9.90 Å². The first-order valence-electron chi connectivity index (χ1n) is 6.62. The van der Waals surface area contributed by atoms with Crippen LogP contribution in [0, 0.1) is 0 Å². The zero-order chi connectivity index (χ0) is 17.7. The third-order valence-corrected chi connectivity index (χ3v) is 1.72. The summed E-state index contributed by atoms with van der Waals surface area (Å²) in [7, 11) is 0. The monoisotopic (exact) mass is 308 g/mol. The van der Waals surface area contributed by atoms with E-state index in [4.69, 9.17) is 5.11 Å². The second-order valence-corrected chi connectivity index (χ2v) is 3.48. The smallest absolute Gasteiger partial charge is 0.336 e. The minimum atomic E-state index is -1.11. The molecule has 2 heteroatoms. The average Bonchev–Trinajstić information content (AvgIpc) is 2.56. The molecule has 0 aromatic rings. The van der Waals surface area contributed by atoms with Crippen molar-refractivity contribution in [3.8, 4) is 0 Å². The Morgan fingerprint density at radius 3 is 1.67 bits per heavy atom. The Morgan fingerprint density at radius 2 is 1.12 bits per heavy atom. The predicted octanol–water partition coefficient (Wildman–Crippen LogP) is 4.18. The summed E-state index contributed by atoms with van der Waals surface area (Å²) in [4.78, 5) is 10.1. The highest BCUT2D eigenvalue weighted by Gasteiger charge is 1.77. The van der Waals surface area contributed by atoms with Gasteiger partial charge in [-0.2, -0.15) is 0 Å². The number of carbonyl (C=O) groups is 1. The third kappa shape index (κ3) is 17.8. The molecule has 0 aromatic heterocycles. The Morgan fingerprint density at radius 1 is 0.667 bits per heavy atom. The van der Waals surface area contributed by atoms with Crippen LogP contribution in [0.15, 0.2) is 117 Å². The van der Waals surface area contributed by atoms with Crippen molar-refractivity contribution in [1.82, 2.24) is 0 Å². The van der Waals surface area contributed by atoms with Gasteiger partial charge in [0.25, 0.3) is 0 Å². The van der Waals surface area contributed by atoms with Gasteiger partial charge >= 0.3 is 5.97 Å². The Balaban J connectivity index is 5.14. The second kappa shape index (κ2) is 16.8. The van der Waals surface area contributed by atoms with E-state index in [1.807, 2.05) is 43.4 Å². The molecule has 0 spiro atoms. The average molecular weight is 308 g/mol. The number of aliphatic carboxylic acids is 1. The van der Waals surface area contributed by atoms with Crippen LogP contribution in [0.4, 0.5) is 0 Å². The highest BCUT2D eigenvalue weighted by Crippen LogP contribution is 1.80. The van der Waals surface area contributed by atoms with Gasteiger partial charge in [0.2, 0.25) is 0 Å². The van der Waals surface area contributed by atoms with E-state index in [0.717, 1.165) is 6.08 Å². The van der Waals surface area contributed by atoms with Gasteiger partial charge < -0.3 is 5.11 Å². The van der Waals surface area contributed by atoms with E-state index in [9.17, 15) is 4.79 Å². The summed E-state index contributed by atoms with van der Waals surface area (Å²) in [6, 6.07) is 0. The van der Waals surface area contributed by atoms with Crippen molar-refractivity contribution in [2.45, 2.75) is 6.92 Å². The standard InChI is InChI=1S/C22H12O2/c1-2-3-4-5-6-7-8-9-10-11-12-13-14-15-16-17-18-19-20-21-22(23)24/h2-8,21H,1H3,(H,23,24). The quantitative estimate of drug-likeness (QED) is 0.480. The summed E-state index contributed by atoms with van der Waals surface area (Å²) < 4.78 is 0. The third-order valence-electron chi connectivity index (χ3n) is 1.72. The van der Waals surface area contributed by atoms with Crippen LogP contribution >= 0.6 is 0 Å². The fraction of sp³-hybridized carbons (Fsp3) is 0.0455. The first-order valence-corrected chi connectivity index (χ1v) is 6.62.